The van der Waals surface area contributed by atoms with Gasteiger partial charge < -0.3 is 16.2 Å². The zero-order valence-electron chi connectivity index (χ0n) is 9.33. The third-order valence-electron chi connectivity index (χ3n) is 1.81. The number of hydrogen-bond acceptors (Lipinski definition) is 4. The van der Waals surface area contributed by atoms with Gasteiger partial charge in [0.15, 0.2) is 0 Å². The van der Waals surface area contributed by atoms with Crippen molar-refractivity contribution in [2.45, 2.75) is 31.6 Å². The van der Waals surface area contributed by atoms with Crippen LogP contribution in [0.2, 0.25) is 0 Å². The Bertz CT molecular complexity index is 244. The summed E-state index contributed by atoms with van der Waals surface area (Å²) in [5.41, 5.74) is 4.40. The number of hydrogen-bond donors (Lipinski definition) is 4. The van der Waals surface area contributed by atoms with Crippen molar-refractivity contribution in [1.82, 2.24) is 5.32 Å². The van der Waals surface area contributed by atoms with Gasteiger partial charge in [0.25, 0.3) is 0 Å². The van der Waals surface area contributed by atoms with Crippen LogP contribution >= 0.6 is 11.8 Å². The highest BCUT2D eigenvalue weighted by molar-refractivity contribution is 8.00. The molecule has 0 aliphatic rings. The maximum Gasteiger partial charge on any atom is 0.324 e. The van der Waals surface area contributed by atoms with Crippen LogP contribution in [0.3, 0.4) is 0 Å². The van der Waals surface area contributed by atoms with E-state index in [2.05, 4.69) is 5.32 Å². The predicted octanol–water partition coefficient (Wildman–Crippen LogP) is 0.497. The summed E-state index contributed by atoms with van der Waals surface area (Å²) < 4.78 is 0. The SMILES string of the molecule is CC(=N)NC[C@H](C)SC[C@](C)(N)C(=O)O. The number of rotatable bonds is 6. The minimum atomic E-state index is -1.18. The summed E-state index contributed by atoms with van der Waals surface area (Å²) >= 11 is 1.49. The van der Waals surface area contributed by atoms with Crippen LogP contribution in [0, 0.1) is 5.41 Å². The molecular weight excluding hydrogens is 214 g/mol. The Balaban J connectivity index is 3.84. The van der Waals surface area contributed by atoms with Gasteiger partial charge in [-0.1, -0.05) is 6.92 Å². The highest BCUT2D eigenvalue weighted by Crippen LogP contribution is 2.15. The number of nitrogens with two attached hydrogens (primary N) is 1. The van der Waals surface area contributed by atoms with Gasteiger partial charge in [0.05, 0.1) is 5.84 Å². The number of carboxylic acids is 1. The van der Waals surface area contributed by atoms with Gasteiger partial charge in [0.2, 0.25) is 0 Å². The topological polar surface area (TPSA) is 99.2 Å². The molecule has 0 aromatic rings. The summed E-state index contributed by atoms with van der Waals surface area (Å²) in [6.45, 7) is 5.79. The minimum Gasteiger partial charge on any atom is -0.480 e. The van der Waals surface area contributed by atoms with Gasteiger partial charge in [-0.3, -0.25) is 10.2 Å². The number of thioether (sulfide) groups is 1. The van der Waals surface area contributed by atoms with Crippen molar-refractivity contribution < 1.29 is 9.90 Å². The Morgan fingerprint density at radius 2 is 2.27 bits per heavy atom. The van der Waals surface area contributed by atoms with Gasteiger partial charge in [0, 0.05) is 17.5 Å². The zero-order chi connectivity index (χ0) is 12.1. The average Bonchev–Trinajstić information content (AvgIpc) is 2.11. The Hall–Kier alpha value is -0.750. The molecule has 5 nitrogen and oxygen atoms in total. The van der Waals surface area contributed by atoms with Crippen molar-refractivity contribution in [3.8, 4) is 0 Å². The molecule has 0 aliphatic heterocycles. The van der Waals surface area contributed by atoms with E-state index in [-0.39, 0.29) is 5.25 Å². The molecule has 0 aromatic heterocycles. The number of carbonyl (C=O) groups is 1. The third-order valence-corrected chi connectivity index (χ3v) is 3.31. The van der Waals surface area contributed by atoms with E-state index in [0.29, 0.717) is 18.1 Å². The molecule has 0 aromatic carbocycles. The van der Waals surface area contributed by atoms with Gasteiger partial charge in [0.1, 0.15) is 5.54 Å². The van der Waals surface area contributed by atoms with Crippen molar-refractivity contribution in [2.24, 2.45) is 5.73 Å². The third kappa shape index (κ3) is 6.35. The van der Waals surface area contributed by atoms with Crippen LogP contribution in [-0.4, -0.2) is 40.0 Å². The molecule has 0 bridgehead atoms. The lowest BCUT2D eigenvalue weighted by atomic mass is 10.1. The second-order valence-corrected chi connectivity index (χ2v) is 5.28. The van der Waals surface area contributed by atoms with E-state index < -0.39 is 11.5 Å². The molecular formula is C9H19N3O2S. The summed E-state index contributed by atoms with van der Waals surface area (Å²) in [4.78, 5) is 10.7. The highest BCUT2D eigenvalue weighted by atomic mass is 32.2. The van der Waals surface area contributed by atoms with E-state index in [1.54, 1.807) is 6.92 Å². The Labute approximate surface area is 94.3 Å². The molecule has 0 saturated carbocycles. The fraction of sp³-hybridized carbons (Fsp3) is 0.778. The molecule has 6 heteroatoms. The van der Waals surface area contributed by atoms with Crippen LogP contribution in [0.4, 0.5) is 0 Å². The maximum atomic E-state index is 10.7. The lowest BCUT2D eigenvalue weighted by molar-refractivity contribution is -0.141. The van der Waals surface area contributed by atoms with Crippen LogP contribution in [0.25, 0.3) is 0 Å². The molecule has 0 radical (unpaired) electrons. The van der Waals surface area contributed by atoms with Gasteiger partial charge >= 0.3 is 5.97 Å². The molecule has 0 saturated heterocycles. The van der Waals surface area contributed by atoms with Gasteiger partial charge in [-0.05, 0) is 13.8 Å². The molecule has 5 N–H and O–H groups in total. The van der Waals surface area contributed by atoms with Crippen molar-refractivity contribution in [1.29, 1.82) is 5.41 Å². The van der Waals surface area contributed by atoms with Crippen molar-refractivity contribution in [2.75, 3.05) is 12.3 Å². The van der Waals surface area contributed by atoms with E-state index in [9.17, 15) is 4.79 Å². The smallest absolute Gasteiger partial charge is 0.324 e. The molecule has 88 valence electrons. The molecule has 0 aliphatic carbocycles. The normalized spacial score (nSPS) is 16.5. The van der Waals surface area contributed by atoms with E-state index >= 15 is 0 Å². The maximum absolute atomic E-state index is 10.7. The zero-order valence-corrected chi connectivity index (χ0v) is 10.1. The largest absolute Gasteiger partial charge is 0.480 e. The molecule has 0 amide bonds. The molecule has 0 rings (SSSR count). The van der Waals surface area contributed by atoms with Crippen LogP contribution < -0.4 is 11.1 Å². The summed E-state index contributed by atoms with van der Waals surface area (Å²) in [5, 5.41) is 19.1. The monoisotopic (exact) mass is 233 g/mol. The van der Waals surface area contributed by atoms with E-state index in [0.717, 1.165) is 0 Å². The first-order valence-corrected chi connectivity index (χ1v) is 5.73. The first-order valence-electron chi connectivity index (χ1n) is 4.68. The second kappa shape index (κ2) is 5.97. The number of nitrogens with one attached hydrogen (secondary N) is 2. The molecule has 0 fully saturated rings. The Kier molecular flexibility index (Phi) is 5.67. The first-order chi connectivity index (χ1) is 6.75. The standard InChI is InChI=1S/C9H19N3O2S/c1-6(4-12-7(2)10)15-5-9(3,11)8(13)14/h6H,4-5,11H2,1-3H3,(H2,10,12)(H,13,14)/t6-,9-/m0/s1. The van der Waals surface area contributed by atoms with Gasteiger partial charge in [-0.2, -0.15) is 11.8 Å². The van der Waals surface area contributed by atoms with Crippen molar-refractivity contribution in [3.63, 3.8) is 0 Å². The van der Waals surface area contributed by atoms with E-state index in [1.807, 2.05) is 6.92 Å². The van der Waals surface area contributed by atoms with E-state index in [4.69, 9.17) is 16.2 Å². The second-order valence-electron chi connectivity index (χ2n) is 3.85. The molecule has 0 heterocycles. The molecule has 2 atom stereocenters. The Morgan fingerprint density at radius 1 is 1.73 bits per heavy atom. The lowest BCUT2D eigenvalue weighted by Gasteiger charge is -2.21. The molecule has 15 heavy (non-hydrogen) atoms. The highest BCUT2D eigenvalue weighted by Gasteiger charge is 2.28. The number of aliphatic carboxylic acids is 1. The predicted molar refractivity (Wildman–Crippen MR) is 63.6 cm³/mol. The summed E-state index contributed by atoms with van der Waals surface area (Å²) in [5.74, 6) is -0.211. The molecule has 0 unspecified atom stereocenters. The van der Waals surface area contributed by atoms with E-state index in [1.165, 1.54) is 18.7 Å². The quantitative estimate of drug-likeness (QED) is 0.395. The Morgan fingerprint density at radius 3 is 2.67 bits per heavy atom. The van der Waals surface area contributed by atoms with Crippen LogP contribution in [0.15, 0.2) is 0 Å². The average molecular weight is 233 g/mol. The fourth-order valence-electron chi connectivity index (χ4n) is 0.733. The van der Waals surface area contributed by atoms with Crippen LogP contribution in [0.5, 0.6) is 0 Å². The summed E-state index contributed by atoms with van der Waals surface area (Å²) in [7, 11) is 0. The van der Waals surface area contributed by atoms with Gasteiger partial charge in [-0.25, -0.2) is 0 Å². The first kappa shape index (κ1) is 14.2. The van der Waals surface area contributed by atoms with Crippen molar-refractivity contribution in [3.05, 3.63) is 0 Å². The van der Waals surface area contributed by atoms with Crippen LogP contribution in [0.1, 0.15) is 20.8 Å². The van der Waals surface area contributed by atoms with Gasteiger partial charge in [-0.15, -0.1) is 0 Å². The summed E-state index contributed by atoms with van der Waals surface area (Å²) in [6.07, 6.45) is 0. The number of carboxylic acid groups (broad SMARTS) is 1. The minimum absolute atomic E-state index is 0.229. The summed E-state index contributed by atoms with van der Waals surface area (Å²) in [6, 6.07) is 0. The fourth-order valence-corrected chi connectivity index (χ4v) is 1.69. The molecule has 0 spiro atoms. The van der Waals surface area contributed by atoms with Crippen LogP contribution in [-0.2, 0) is 4.79 Å². The number of amidine groups is 1. The van der Waals surface area contributed by atoms with Crippen molar-refractivity contribution >= 4 is 23.6 Å². The lowest BCUT2D eigenvalue weighted by Crippen LogP contribution is -2.47.